The second-order valence-corrected chi connectivity index (χ2v) is 6.52. The largest absolute Gasteiger partial charge is 0.464 e. The summed E-state index contributed by atoms with van der Waals surface area (Å²) in [5.74, 6) is 2.37. The van der Waals surface area contributed by atoms with Gasteiger partial charge in [0.15, 0.2) is 0 Å². The standard InChI is InChI=1S/C16H19NO4/c18-17(19)13-5-2-6-14(9-13)20-16-12-7-10-3-1-4-11(8-12)15(10)21-16/h2,5-6,9-12,15-16H,1,3-4,7-8H2/t10-,11+,12?,15?,16-/m1/s1. The van der Waals surface area contributed by atoms with Crippen molar-refractivity contribution in [1.82, 2.24) is 0 Å². The van der Waals surface area contributed by atoms with E-state index in [1.165, 1.54) is 44.2 Å². The molecule has 2 unspecified atom stereocenters. The van der Waals surface area contributed by atoms with Crippen LogP contribution < -0.4 is 4.74 Å². The van der Waals surface area contributed by atoms with Crippen molar-refractivity contribution < 1.29 is 14.4 Å². The average Bonchev–Trinajstić information content (AvgIpc) is 2.47. The lowest BCUT2D eigenvalue weighted by molar-refractivity contribution is -0.385. The molecule has 0 aromatic heterocycles. The third-order valence-electron chi connectivity index (χ3n) is 5.25. The highest BCUT2D eigenvalue weighted by atomic mass is 16.7. The van der Waals surface area contributed by atoms with Gasteiger partial charge in [-0.2, -0.15) is 0 Å². The lowest BCUT2D eigenvalue weighted by atomic mass is 9.64. The van der Waals surface area contributed by atoms with Crippen LogP contribution in [0.3, 0.4) is 0 Å². The number of nitro groups is 1. The number of hydrogen-bond donors (Lipinski definition) is 0. The van der Waals surface area contributed by atoms with Gasteiger partial charge in [-0.05, 0) is 43.6 Å². The minimum absolute atomic E-state index is 0.0605. The first-order valence-electron chi connectivity index (χ1n) is 7.77. The molecule has 0 spiro atoms. The van der Waals surface area contributed by atoms with Crippen molar-refractivity contribution in [3.05, 3.63) is 34.4 Å². The molecule has 5 heteroatoms. The number of hydrogen-bond acceptors (Lipinski definition) is 4. The maximum atomic E-state index is 10.8. The summed E-state index contributed by atoms with van der Waals surface area (Å²) in [7, 11) is 0. The molecule has 5 rings (SSSR count). The molecule has 2 aliphatic carbocycles. The van der Waals surface area contributed by atoms with Crippen LogP contribution in [0.1, 0.15) is 32.1 Å². The molecule has 21 heavy (non-hydrogen) atoms. The van der Waals surface area contributed by atoms with Gasteiger partial charge in [-0.3, -0.25) is 10.1 Å². The van der Waals surface area contributed by atoms with Crippen LogP contribution in [0.15, 0.2) is 24.3 Å². The number of fused-ring (bicyclic) bond motifs is 1. The van der Waals surface area contributed by atoms with Crippen LogP contribution in [0.25, 0.3) is 0 Å². The van der Waals surface area contributed by atoms with Gasteiger partial charge >= 0.3 is 0 Å². The van der Waals surface area contributed by atoms with E-state index in [0.29, 0.717) is 29.6 Å². The summed E-state index contributed by atoms with van der Waals surface area (Å²) in [6, 6.07) is 6.38. The van der Waals surface area contributed by atoms with Crippen molar-refractivity contribution in [2.45, 2.75) is 44.5 Å². The van der Waals surface area contributed by atoms with Crippen molar-refractivity contribution in [2.24, 2.45) is 17.8 Å². The molecule has 4 bridgehead atoms. The predicted molar refractivity (Wildman–Crippen MR) is 75.9 cm³/mol. The summed E-state index contributed by atoms with van der Waals surface area (Å²) in [6.07, 6.45) is 6.36. The monoisotopic (exact) mass is 289 g/mol. The lowest BCUT2D eigenvalue weighted by Gasteiger charge is -2.53. The van der Waals surface area contributed by atoms with E-state index >= 15 is 0 Å². The molecule has 0 amide bonds. The normalized spacial score (nSPS) is 37.2. The van der Waals surface area contributed by atoms with E-state index in [1.54, 1.807) is 12.1 Å². The molecule has 4 aliphatic rings. The van der Waals surface area contributed by atoms with Gasteiger partial charge in [-0.25, -0.2) is 0 Å². The highest BCUT2D eigenvalue weighted by Gasteiger charge is 2.50. The van der Waals surface area contributed by atoms with Crippen LogP contribution in [0, 0.1) is 27.9 Å². The summed E-state index contributed by atoms with van der Waals surface area (Å²) in [5, 5.41) is 10.8. The van der Waals surface area contributed by atoms with Crippen LogP contribution in [-0.2, 0) is 4.74 Å². The fraction of sp³-hybridized carbons (Fsp3) is 0.625. The molecule has 2 saturated carbocycles. The Bertz CT molecular complexity index is 547. The number of ether oxygens (including phenoxy) is 2. The van der Waals surface area contributed by atoms with E-state index in [-0.39, 0.29) is 12.0 Å². The van der Waals surface area contributed by atoms with Gasteiger partial charge in [0.1, 0.15) is 5.75 Å². The maximum Gasteiger partial charge on any atom is 0.273 e. The summed E-state index contributed by atoms with van der Waals surface area (Å²) in [5.41, 5.74) is 0.0605. The Kier molecular flexibility index (Phi) is 3.10. The Morgan fingerprint density at radius 3 is 2.62 bits per heavy atom. The zero-order valence-corrected chi connectivity index (χ0v) is 11.8. The minimum atomic E-state index is -0.398. The molecule has 5 nitrogen and oxygen atoms in total. The topological polar surface area (TPSA) is 61.6 Å². The molecule has 2 aliphatic heterocycles. The van der Waals surface area contributed by atoms with Crippen molar-refractivity contribution in [3.8, 4) is 5.75 Å². The van der Waals surface area contributed by atoms with Crippen LogP contribution >= 0.6 is 0 Å². The van der Waals surface area contributed by atoms with Crippen molar-refractivity contribution in [2.75, 3.05) is 0 Å². The maximum absolute atomic E-state index is 10.8. The summed E-state index contributed by atoms with van der Waals surface area (Å²) in [6.45, 7) is 0. The third-order valence-corrected chi connectivity index (χ3v) is 5.25. The molecule has 0 radical (unpaired) electrons. The SMILES string of the molecule is O=[N+]([O-])c1cccc(O[C@@H]2OC3[C@@H]4CCC[C@H]3CC2C4)c1. The van der Waals surface area contributed by atoms with E-state index in [9.17, 15) is 10.1 Å². The first-order chi connectivity index (χ1) is 10.2. The van der Waals surface area contributed by atoms with E-state index in [1.807, 2.05) is 0 Å². The van der Waals surface area contributed by atoms with E-state index in [2.05, 4.69) is 0 Å². The first-order valence-corrected chi connectivity index (χ1v) is 7.77. The summed E-state index contributed by atoms with van der Waals surface area (Å²) >= 11 is 0. The van der Waals surface area contributed by atoms with Gasteiger partial charge in [0.25, 0.3) is 5.69 Å². The molecule has 2 saturated heterocycles. The van der Waals surface area contributed by atoms with Crippen molar-refractivity contribution in [3.63, 3.8) is 0 Å². The Morgan fingerprint density at radius 2 is 1.95 bits per heavy atom. The Labute approximate surface area is 123 Å². The van der Waals surface area contributed by atoms with Crippen molar-refractivity contribution in [1.29, 1.82) is 0 Å². The zero-order valence-electron chi connectivity index (χ0n) is 11.8. The zero-order chi connectivity index (χ0) is 14.4. The van der Waals surface area contributed by atoms with Gasteiger partial charge < -0.3 is 9.47 Å². The molecule has 1 aromatic rings. The van der Waals surface area contributed by atoms with Crippen LogP contribution in [0.2, 0.25) is 0 Å². The van der Waals surface area contributed by atoms with Crippen LogP contribution in [-0.4, -0.2) is 17.3 Å². The smallest absolute Gasteiger partial charge is 0.273 e. The first kappa shape index (κ1) is 13.1. The predicted octanol–water partition coefficient (Wildman–Crippen LogP) is 3.52. The molecule has 2 heterocycles. The van der Waals surface area contributed by atoms with Crippen molar-refractivity contribution >= 4 is 5.69 Å². The molecule has 112 valence electrons. The van der Waals surface area contributed by atoms with Gasteiger partial charge in [-0.1, -0.05) is 12.5 Å². The Balaban J connectivity index is 1.49. The quantitative estimate of drug-likeness (QED) is 0.631. The van der Waals surface area contributed by atoms with E-state index in [4.69, 9.17) is 9.47 Å². The Hall–Kier alpha value is -1.62. The number of rotatable bonds is 3. The van der Waals surface area contributed by atoms with Gasteiger partial charge in [0, 0.05) is 12.0 Å². The molecular formula is C16H19NO4. The second kappa shape index (κ2) is 4.98. The third kappa shape index (κ3) is 2.29. The highest BCUT2D eigenvalue weighted by Crippen LogP contribution is 2.50. The van der Waals surface area contributed by atoms with Crippen LogP contribution in [0.5, 0.6) is 5.75 Å². The summed E-state index contributed by atoms with van der Waals surface area (Å²) in [4.78, 5) is 10.4. The molecule has 4 fully saturated rings. The van der Waals surface area contributed by atoms with Crippen LogP contribution in [0.4, 0.5) is 5.69 Å². The number of benzene rings is 1. The number of nitrogens with zero attached hydrogens (tertiary/aromatic N) is 1. The van der Waals surface area contributed by atoms with Gasteiger partial charge in [0.05, 0.1) is 17.1 Å². The van der Waals surface area contributed by atoms with E-state index < -0.39 is 4.92 Å². The molecule has 1 aromatic carbocycles. The highest BCUT2D eigenvalue weighted by molar-refractivity contribution is 5.38. The molecule has 5 atom stereocenters. The fourth-order valence-corrected chi connectivity index (χ4v) is 4.37. The average molecular weight is 289 g/mol. The van der Waals surface area contributed by atoms with E-state index in [0.717, 1.165) is 0 Å². The molecular weight excluding hydrogens is 270 g/mol. The minimum Gasteiger partial charge on any atom is -0.464 e. The second-order valence-electron chi connectivity index (χ2n) is 6.52. The lowest BCUT2D eigenvalue weighted by Crippen LogP contribution is -2.54. The summed E-state index contributed by atoms with van der Waals surface area (Å²) < 4.78 is 12.1. The molecule has 0 N–H and O–H groups in total. The van der Waals surface area contributed by atoms with Gasteiger partial charge in [-0.15, -0.1) is 0 Å². The number of non-ortho nitro benzene ring substituents is 1. The fourth-order valence-electron chi connectivity index (χ4n) is 4.37. The Morgan fingerprint density at radius 1 is 1.19 bits per heavy atom. The van der Waals surface area contributed by atoms with Gasteiger partial charge in [0.2, 0.25) is 6.29 Å². The number of nitro benzene ring substituents is 1.